The van der Waals surface area contributed by atoms with E-state index in [2.05, 4.69) is 5.32 Å². The maximum Gasteiger partial charge on any atom is 0.252 e. The fourth-order valence-corrected chi connectivity index (χ4v) is 2.97. The SMILES string of the molecule is CCc1ccc(S(N)(=O)=O)cc1C(=O)NC1(C)CCC1. The number of primary sulfonamides is 1. The third kappa shape index (κ3) is 3.02. The summed E-state index contributed by atoms with van der Waals surface area (Å²) in [7, 11) is -3.80. The van der Waals surface area contributed by atoms with E-state index in [1.54, 1.807) is 6.07 Å². The number of sulfonamides is 1. The Morgan fingerprint density at radius 2 is 2.05 bits per heavy atom. The lowest BCUT2D eigenvalue weighted by molar-refractivity contribution is 0.0849. The summed E-state index contributed by atoms with van der Waals surface area (Å²) >= 11 is 0. The van der Waals surface area contributed by atoms with Crippen molar-refractivity contribution in [3.8, 4) is 0 Å². The number of carbonyl (C=O) groups is 1. The van der Waals surface area contributed by atoms with Gasteiger partial charge in [0.05, 0.1) is 4.90 Å². The maximum atomic E-state index is 12.4. The number of amides is 1. The number of carbonyl (C=O) groups excluding carboxylic acids is 1. The van der Waals surface area contributed by atoms with Gasteiger partial charge in [-0.3, -0.25) is 4.79 Å². The molecule has 1 aromatic rings. The lowest BCUT2D eigenvalue weighted by atomic mass is 9.78. The van der Waals surface area contributed by atoms with E-state index in [1.807, 2.05) is 13.8 Å². The van der Waals surface area contributed by atoms with Crippen molar-refractivity contribution in [3.05, 3.63) is 29.3 Å². The Hall–Kier alpha value is -1.40. The molecular weight excluding hydrogens is 276 g/mol. The van der Waals surface area contributed by atoms with Gasteiger partial charge in [0.1, 0.15) is 0 Å². The quantitative estimate of drug-likeness (QED) is 0.883. The van der Waals surface area contributed by atoms with Gasteiger partial charge in [-0.15, -0.1) is 0 Å². The largest absolute Gasteiger partial charge is 0.347 e. The average Bonchev–Trinajstić information content (AvgIpc) is 2.34. The number of hydrogen-bond acceptors (Lipinski definition) is 3. The van der Waals surface area contributed by atoms with Gasteiger partial charge in [-0.25, -0.2) is 13.6 Å². The Morgan fingerprint density at radius 1 is 1.40 bits per heavy atom. The van der Waals surface area contributed by atoms with Gasteiger partial charge in [0, 0.05) is 11.1 Å². The molecule has 0 saturated heterocycles. The van der Waals surface area contributed by atoms with E-state index in [0.29, 0.717) is 12.0 Å². The number of nitrogens with one attached hydrogen (secondary N) is 1. The van der Waals surface area contributed by atoms with Crippen LogP contribution in [0.15, 0.2) is 23.1 Å². The molecule has 0 atom stereocenters. The minimum Gasteiger partial charge on any atom is -0.347 e. The molecule has 110 valence electrons. The highest BCUT2D eigenvalue weighted by molar-refractivity contribution is 7.89. The number of nitrogens with two attached hydrogens (primary N) is 1. The summed E-state index contributed by atoms with van der Waals surface area (Å²) in [5.41, 5.74) is 1.05. The van der Waals surface area contributed by atoms with Gasteiger partial charge >= 0.3 is 0 Å². The first-order valence-electron chi connectivity index (χ1n) is 6.73. The highest BCUT2D eigenvalue weighted by Gasteiger charge is 2.33. The van der Waals surface area contributed by atoms with Crippen molar-refractivity contribution in [2.75, 3.05) is 0 Å². The Bertz CT molecular complexity index is 634. The van der Waals surface area contributed by atoms with Crippen molar-refractivity contribution in [3.63, 3.8) is 0 Å². The van der Waals surface area contributed by atoms with Crippen molar-refractivity contribution < 1.29 is 13.2 Å². The van der Waals surface area contributed by atoms with E-state index < -0.39 is 10.0 Å². The zero-order valence-corrected chi connectivity index (χ0v) is 12.6. The minimum atomic E-state index is -3.80. The number of aryl methyl sites for hydroxylation is 1. The predicted molar refractivity (Wildman–Crippen MR) is 76.9 cm³/mol. The topological polar surface area (TPSA) is 89.3 Å². The molecule has 2 rings (SSSR count). The van der Waals surface area contributed by atoms with Crippen LogP contribution in [-0.4, -0.2) is 19.9 Å². The first-order valence-corrected chi connectivity index (χ1v) is 8.28. The lowest BCUT2D eigenvalue weighted by Crippen LogP contribution is -2.51. The molecule has 0 bridgehead atoms. The molecule has 0 aliphatic heterocycles. The zero-order valence-electron chi connectivity index (χ0n) is 11.8. The van der Waals surface area contributed by atoms with E-state index in [-0.39, 0.29) is 16.3 Å². The molecule has 1 saturated carbocycles. The number of hydrogen-bond donors (Lipinski definition) is 2. The van der Waals surface area contributed by atoms with Gasteiger partial charge in [0.25, 0.3) is 5.91 Å². The Balaban J connectivity index is 2.35. The second-order valence-corrected chi connectivity index (χ2v) is 7.15. The zero-order chi connectivity index (χ0) is 15.0. The van der Waals surface area contributed by atoms with Crippen LogP contribution >= 0.6 is 0 Å². The van der Waals surface area contributed by atoms with E-state index in [0.717, 1.165) is 24.8 Å². The van der Waals surface area contributed by atoms with Gasteiger partial charge in [-0.05, 0) is 50.3 Å². The summed E-state index contributed by atoms with van der Waals surface area (Å²) in [4.78, 5) is 12.3. The van der Waals surface area contributed by atoms with E-state index in [9.17, 15) is 13.2 Å². The predicted octanol–water partition coefficient (Wildman–Crippen LogP) is 1.57. The van der Waals surface area contributed by atoms with E-state index in [4.69, 9.17) is 5.14 Å². The summed E-state index contributed by atoms with van der Waals surface area (Å²) in [5, 5.41) is 8.11. The highest BCUT2D eigenvalue weighted by Crippen LogP contribution is 2.31. The molecule has 1 aliphatic carbocycles. The second-order valence-electron chi connectivity index (χ2n) is 5.59. The molecular formula is C14H20N2O3S. The number of benzene rings is 1. The third-order valence-corrected chi connectivity index (χ3v) is 4.82. The van der Waals surface area contributed by atoms with Gasteiger partial charge in [-0.1, -0.05) is 13.0 Å². The van der Waals surface area contributed by atoms with Crippen LogP contribution in [0.1, 0.15) is 49.0 Å². The monoisotopic (exact) mass is 296 g/mol. The summed E-state index contributed by atoms with van der Waals surface area (Å²) in [6.07, 6.45) is 3.67. The molecule has 3 N–H and O–H groups in total. The molecule has 1 fully saturated rings. The van der Waals surface area contributed by atoms with Crippen LogP contribution in [0.4, 0.5) is 0 Å². The van der Waals surface area contributed by atoms with Crippen LogP contribution in [-0.2, 0) is 16.4 Å². The van der Waals surface area contributed by atoms with Crippen LogP contribution in [0, 0.1) is 0 Å². The van der Waals surface area contributed by atoms with Gasteiger partial charge in [0.2, 0.25) is 10.0 Å². The van der Waals surface area contributed by atoms with Gasteiger partial charge < -0.3 is 5.32 Å². The maximum absolute atomic E-state index is 12.4. The standard InChI is InChI=1S/C14H20N2O3S/c1-3-10-5-6-11(20(15,18)19)9-12(10)13(17)16-14(2)7-4-8-14/h5-6,9H,3-4,7-8H2,1-2H3,(H,16,17)(H2,15,18,19). The molecule has 6 heteroatoms. The van der Waals surface area contributed by atoms with Crippen molar-refractivity contribution in [1.29, 1.82) is 0 Å². The lowest BCUT2D eigenvalue weighted by Gasteiger charge is -2.39. The third-order valence-electron chi connectivity index (χ3n) is 3.91. The summed E-state index contributed by atoms with van der Waals surface area (Å²) < 4.78 is 22.8. The van der Waals surface area contributed by atoms with Crippen LogP contribution in [0.3, 0.4) is 0 Å². The molecule has 0 aromatic heterocycles. The summed E-state index contributed by atoms with van der Waals surface area (Å²) in [5.74, 6) is -0.227. The van der Waals surface area contributed by atoms with Crippen molar-refractivity contribution >= 4 is 15.9 Å². The average molecular weight is 296 g/mol. The fraction of sp³-hybridized carbons (Fsp3) is 0.500. The molecule has 20 heavy (non-hydrogen) atoms. The molecule has 5 nitrogen and oxygen atoms in total. The summed E-state index contributed by atoms with van der Waals surface area (Å²) in [6.45, 7) is 3.93. The Labute approximate surface area is 119 Å². The van der Waals surface area contributed by atoms with Crippen LogP contribution in [0.5, 0.6) is 0 Å². The Kier molecular flexibility index (Phi) is 3.88. The van der Waals surface area contributed by atoms with Gasteiger partial charge in [0.15, 0.2) is 0 Å². The number of rotatable bonds is 4. The van der Waals surface area contributed by atoms with Crippen LogP contribution in [0.2, 0.25) is 0 Å². The molecule has 0 unspecified atom stereocenters. The van der Waals surface area contributed by atoms with Crippen molar-refractivity contribution in [2.45, 2.75) is 50.0 Å². The smallest absolute Gasteiger partial charge is 0.252 e. The van der Waals surface area contributed by atoms with Crippen molar-refractivity contribution in [1.82, 2.24) is 5.32 Å². The molecule has 1 aromatic carbocycles. The molecule has 1 amide bonds. The normalized spacial score (nSPS) is 17.4. The Morgan fingerprint density at radius 3 is 2.50 bits per heavy atom. The molecule has 0 spiro atoms. The van der Waals surface area contributed by atoms with Crippen LogP contribution < -0.4 is 10.5 Å². The first-order chi connectivity index (χ1) is 9.25. The first kappa shape index (κ1) is 15.0. The highest BCUT2D eigenvalue weighted by atomic mass is 32.2. The molecule has 0 radical (unpaired) electrons. The van der Waals surface area contributed by atoms with Crippen LogP contribution in [0.25, 0.3) is 0 Å². The second kappa shape index (κ2) is 5.18. The molecule has 0 heterocycles. The minimum absolute atomic E-state index is 0.0291. The van der Waals surface area contributed by atoms with Gasteiger partial charge in [-0.2, -0.15) is 0 Å². The molecule has 1 aliphatic rings. The summed E-state index contributed by atoms with van der Waals surface area (Å²) in [6, 6.07) is 4.46. The van der Waals surface area contributed by atoms with E-state index >= 15 is 0 Å². The van der Waals surface area contributed by atoms with Crippen molar-refractivity contribution in [2.24, 2.45) is 5.14 Å². The fourth-order valence-electron chi connectivity index (χ4n) is 2.43. The van der Waals surface area contributed by atoms with E-state index in [1.165, 1.54) is 12.1 Å².